The Bertz CT molecular complexity index is 939. The summed E-state index contributed by atoms with van der Waals surface area (Å²) in [6, 6.07) is 12.9. The van der Waals surface area contributed by atoms with Gasteiger partial charge in [0.2, 0.25) is 11.8 Å². The van der Waals surface area contributed by atoms with Gasteiger partial charge in [0, 0.05) is 20.6 Å². The van der Waals surface area contributed by atoms with Crippen molar-refractivity contribution in [3.63, 3.8) is 0 Å². The summed E-state index contributed by atoms with van der Waals surface area (Å²) in [7, 11) is 3.14. The zero-order valence-corrected chi connectivity index (χ0v) is 18.1. The summed E-state index contributed by atoms with van der Waals surface area (Å²) in [6.45, 7) is 0.444. The number of urea groups is 1. The van der Waals surface area contributed by atoms with Gasteiger partial charge in [-0.15, -0.1) is 11.8 Å². The van der Waals surface area contributed by atoms with Gasteiger partial charge in [0.05, 0.1) is 29.5 Å². The van der Waals surface area contributed by atoms with Crippen molar-refractivity contribution in [2.75, 3.05) is 19.8 Å². The standard InChI is InChI=1S/C21H25N5O4S/c1-25-18-16(20(28)26(2)21(25)29)19(24-17(23-18)14-9-6-10-30-14)31-12-15(27)22-11-13-7-4-3-5-8-13/h3-10,16-19,23-24H,11-12H2,1-2H3,(H,22,27). The molecule has 2 aromatic rings. The Hall–Kier alpha value is -2.82. The molecule has 1 aromatic carbocycles. The fraction of sp³-hybridized carbons (Fsp3) is 0.381. The lowest BCUT2D eigenvalue weighted by molar-refractivity contribution is -0.140. The van der Waals surface area contributed by atoms with E-state index < -0.39 is 23.6 Å². The quantitative estimate of drug-likeness (QED) is 0.618. The van der Waals surface area contributed by atoms with Crippen LogP contribution >= 0.6 is 11.8 Å². The van der Waals surface area contributed by atoms with Crippen molar-refractivity contribution >= 4 is 29.6 Å². The highest BCUT2D eigenvalue weighted by Gasteiger charge is 2.51. The van der Waals surface area contributed by atoms with E-state index in [1.165, 1.54) is 23.7 Å². The van der Waals surface area contributed by atoms with Gasteiger partial charge in [0.15, 0.2) is 0 Å². The molecule has 1 aromatic heterocycles. The molecule has 3 heterocycles. The highest BCUT2D eigenvalue weighted by Crippen LogP contribution is 2.34. The first-order chi connectivity index (χ1) is 15.0. The van der Waals surface area contributed by atoms with Crippen LogP contribution in [0.4, 0.5) is 4.79 Å². The molecule has 164 valence electrons. The van der Waals surface area contributed by atoms with E-state index in [9.17, 15) is 14.4 Å². The number of amides is 4. The Morgan fingerprint density at radius 3 is 2.61 bits per heavy atom. The lowest BCUT2D eigenvalue weighted by Gasteiger charge is -2.49. The summed E-state index contributed by atoms with van der Waals surface area (Å²) in [5.74, 6) is -0.141. The lowest BCUT2D eigenvalue weighted by atomic mass is 9.97. The van der Waals surface area contributed by atoms with E-state index in [0.29, 0.717) is 12.3 Å². The number of hydrogen-bond donors (Lipinski definition) is 3. The molecule has 2 saturated heterocycles. The third-order valence-electron chi connectivity index (χ3n) is 5.51. The van der Waals surface area contributed by atoms with Gasteiger partial charge in [-0.2, -0.15) is 0 Å². The number of fused-ring (bicyclic) bond motifs is 1. The molecule has 4 atom stereocenters. The highest BCUT2D eigenvalue weighted by molar-refractivity contribution is 8.00. The molecule has 0 aliphatic carbocycles. The number of carbonyl (C=O) groups excluding carboxylic acids is 3. The third-order valence-corrected chi connectivity index (χ3v) is 6.73. The molecule has 3 N–H and O–H groups in total. The molecular formula is C21H25N5O4S. The first-order valence-corrected chi connectivity index (χ1v) is 11.0. The summed E-state index contributed by atoms with van der Waals surface area (Å²) in [5, 5.41) is 9.16. The summed E-state index contributed by atoms with van der Waals surface area (Å²) in [4.78, 5) is 40.5. The first-order valence-electron chi connectivity index (χ1n) is 9.98. The number of furan rings is 1. The van der Waals surface area contributed by atoms with Crippen LogP contribution in [0.3, 0.4) is 0 Å². The molecule has 2 aliphatic rings. The number of nitrogens with zero attached hydrogens (tertiary/aromatic N) is 2. The number of rotatable bonds is 6. The second-order valence-electron chi connectivity index (χ2n) is 7.54. The van der Waals surface area contributed by atoms with Crippen LogP contribution in [-0.4, -0.2) is 59.0 Å². The van der Waals surface area contributed by atoms with Gasteiger partial charge in [0.25, 0.3) is 0 Å². The Labute approximate surface area is 184 Å². The number of carbonyl (C=O) groups is 3. The summed E-state index contributed by atoms with van der Waals surface area (Å²) >= 11 is 1.35. The summed E-state index contributed by atoms with van der Waals surface area (Å²) in [6.07, 6.45) is 0.656. The van der Waals surface area contributed by atoms with Crippen LogP contribution < -0.4 is 16.0 Å². The topological polar surface area (TPSA) is 107 Å². The van der Waals surface area contributed by atoms with Crippen LogP contribution in [-0.2, 0) is 16.1 Å². The maximum absolute atomic E-state index is 12.9. The molecule has 2 aliphatic heterocycles. The van der Waals surface area contributed by atoms with Gasteiger partial charge in [-0.1, -0.05) is 30.3 Å². The molecule has 9 nitrogen and oxygen atoms in total. The average molecular weight is 444 g/mol. The smallest absolute Gasteiger partial charge is 0.327 e. The van der Waals surface area contributed by atoms with Gasteiger partial charge in [0.1, 0.15) is 11.9 Å². The number of benzene rings is 1. The zero-order valence-electron chi connectivity index (χ0n) is 17.3. The van der Waals surface area contributed by atoms with Gasteiger partial charge in [-0.25, -0.2) is 4.79 Å². The number of hydrogen-bond acceptors (Lipinski definition) is 7. The average Bonchev–Trinajstić information content (AvgIpc) is 3.33. The van der Waals surface area contributed by atoms with Crippen LogP contribution in [0, 0.1) is 5.92 Å². The Balaban J connectivity index is 1.46. The van der Waals surface area contributed by atoms with Crippen molar-refractivity contribution in [2.45, 2.75) is 24.3 Å². The van der Waals surface area contributed by atoms with Crippen LogP contribution in [0.5, 0.6) is 0 Å². The minimum Gasteiger partial charge on any atom is -0.466 e. The van der Waals surface area contributed by atoms with E-state index in [-0.39, 0.29) is 23.6 Å². The van der Waals surface area contributed by atoms with Crippen molar-refractivity contribution in [1.29, 1.82) is 0 Å². The molecule has 4 unspecified atom stereocenters. The monoisotopic (exact) mass is 443 g/mol. The second kappa shape index (κ2) is 9.13. The Kier molecular flexibility index (Phi) is 6.30. The predicted molar refractivity (Wildman–Crippen MR) is 115 cm³/mol. The van der Waals surface area contributed by atoms with E-state index >= 15 is 0 Å². The number of nitrogens with one attached hydrogen (secondary N) is 3. The molecule has 0 spiro atoms. The normalized spacial score (nSPS) is 26.0. The largest absolute Gasteiger partial charge is 0.466 e. The van der Waals surface area contributed by atoms with Gasteiger partial charge >= 0.3 is 6.03 Å². The Morgan fingerprint density at radius 2 is 1.90 bits per heavy atom. The van der Waals surface area contributed by atoms with E-state index in [1.807, 2.05) is 36.4 Å². The minimum absolute atomic E-state index is 0.124. The van der Waals surface area contributed by atoms with E-state index in [4.69, 9.17) is 4.42 Å². The lowest BCUT2D eigenvalue weighted by Crippen LogP contribution is -2.72. The van der Waals surface area contributed by atoms with Crippen LogP contribution in [0.15, 0.2) is 53.1 Å². The van der Waals surface area contributed by atoms with Crippen molar-refractivity contribution < 1.29 is 18.8 Å². The maximum Gasteiger partial charge on any atom is 0.327 e. The SMILES string of the molecule is CN1C(=O)C2C(SCC(=O)NCc3ccccc3)NC(c3ccco3)NC2N(C)C1=O. The van der Waals surface area contributed by atoms with Crippen molar-refractivity contribution in [1.82, 2.24) is 25.8 Å². The van der Waals surface area contributed by atoms with Gasteiger partial charge < -0.3 is 14.6 Å². The molecular weight excluding hydrogens is 418 g/mol. The molecule has 31 heavy (non-hydrogen) atoms. The zero-order chi connectivity index (χ0) is 22.0. The van der Waals surface area contributed by atoms with Crippen molar-refractivity contribution in [2.24, 2.45) is 5.92 Å². The predicted octanol–water partition coefficient (Wildman–Crippen LogP) is 1.31. The molecule has 4 amide bonds. The fourth-order valence-corrected chi connectivity index (χ4v) is 4.97. The molecule has 0 saturated carbocycles. The van der Waals surface area contributed by atoms with Crippen LogP contribution in [0.2, 0.25) is 0 Å². The molecule has 10 heteroatoms. The third kappa shape index (κ3) is 4.46. The molecule has 0 bridgehead atoms. The van der Waals surface area contributed by atoms with Crippen molar-refractivity contribution in [3.05, 3.63) is 60.1 Å². The van der Waals surface area contributed by atoms with E-state index in [0.717, 1.165) is 10.5 Å². The highest BCUT2D eigenvalue weighted by atomic mass is 32.2. The van der Waals surface area contributed by atoms with Gasteiger partial charge in [-0.05, 0) is 17.7 Å². The first kappa shape index (κ1) is 21.4. The van der Waals surface area contributed by atoms with E-state index in [2.05, 4.69) is 16.0 Å². The van der Waals surface area contributed by atoms with Crippen LogP contribution in [0.25, 0.3) is 0 Å². The maximum atomic E-state index is 12.9. The molecule has 0 radical (unpaired) electrons. The summed E-state index contributed by atoms with van der Waals surface area (Å²) in [5.41, 5.74) is 1.02. The minimum atomic E-state index is -0.550. The molecule has 4 rings (SSSR count). The summed E-state index contributed by atoms with van der Waals surface area (Å²) < 4.78 is 5.51. The Morgan fingerprint density at radius 1 is 1.13 bits per heavy atom. The van der Waals surface area contributed by atoms with Crippen LogP contribution in [0.1, 0.15) is 17.5 Å². The van der Waals surface area contributed by atoms with Gasteiger partial charge in [-0.3, -0.25) is 25.1 Å². The fourth-order valence-electron chi connectivity index (χ4n) is 3.83. The number of thioether (sulfide) groups is 1. The van der Waals surface area contributed by atoms with E-state index in [1.54, 1.807) is 19.4 Å². The van der Waals surface area contributed by atoms with Crippen molar-refractivity contribution in [3.8, 4) is 0 Å². The molecule has 2 fully saturated rings. The second-order valence-corrected chi connectivity index (χ2v) is 8.67. The number of imide groups is 1.